The third-order valence-electron chi connectivity index (χ3n) is 31.1. The molecule has 0 aromatic heterocycles. The minimum Gasteiger partial charge on any atom is -0.660 e. The smallest absolute Gasteiger partial charge is 0.660 e. The molecule has 8 aromatic rings. The normalized spacial score (nSPS) is 22.9. The molecule has 0 N–H and O–H groups in total. The molecule has 16 atom stereocenters. The molecule has 16 unspecified atom stereocenters. The summed E-state index contributed by atoms with van der Waals surface area (Å²) in [4.78, 5) is 30.5. The van der Waals surface area contributed by atoms with E-state index in [1.54, 1.807) is 16.7 Å². The van der Waals surface area contributed by atoms with Gasteiger partial charge in [-0.3, -0.25) is 0 Å². The van der Waals surface area contributed by atoms with Gasteiger partial charge in [0.25, 0.3) is 0 Å². The van der Waals surface area contributed by atoms with Crippen LogP contribution in [-0.2, 0) is 103 Å². The SMILES string of the molecule is CC1=CC2C(CC(C)C2[Si](C)(C)[N-]C(C)(C)C)C(C)=C1.CC1=CC2CCC([Si]([N-]C(C)(C)C)(c3ccc(C)cc3)c3ccc(C)cc3)C2C=C1C.CC1C(C)C([Si]([N-]C(C)(C)C)(c2ccccc2)c2ccccc2)C2C=CC=CC12.CC1CC2C=C3CCCC3=CC2C1[Si](C)(C)[N-]C(C)(C)C.[CH2-]c1ccccc1N(C)C.[CH2-]c1ccccc1N(C)C.[CH2-]c1ccccc1N(C)C.[CH2-]c1ccccc1N(C)C.[CH3-].[CH3-].[CH3-].[CH3-].[Sc+3].[Sc+3].[Sc+3].[Sc+3]. The van der Waals surface area contributed by atoms with Gasteiger partial charge in [-0.1, -0.05) is 466 Å². The fourth-order valence-electron chi connectivity index (χ4n) is 26.0. The van der Waals surface area contributed by atoms with Gasteiger partial charge in [0.1, 0.15) is 0 Å². The summed E-state index contributed by atoms with van der Waals surface area (Å²) in [5, 5.41) is 5.85. The summed E-state index contributed by atoms with van der Waals surface area (Å²) in [5.41, 5.74) is 23.8. The minimum atomic E-state index is -2.42. The Morgan fingerprint density at radius 2 is 0.658 bits per heavy atom. The molecule has 5 fully saturated rings. The van der Waals surface area contributed by atoms with Crippen LogP contribution in [0.1, 0.15) is 217 Å². The molecular formula is C133H196N8Sc4Si4. The van der Waals surface area contributed by atoms with Crippen molar-refractivity contribution in [2.75, 3.05) is 76.0 Å². The molecule has 0 heterocycles. The zero-order chi connectivity index (χ0) is 104. The van der Waals surface area contributed by atoms with E-state index < -0.39 is 32.9 Å². The van der Waals surface area contributed by atoms with E-state index in [2.05, 4.69) is 420 Å². The number of benzene rings is 8. The van der Waals surface area contributed by atoms with E-state index in [9.17, 15) is 0 Å². The number of fused-ring (bicyclic) bond motifs is 5. The van der Waals surface area contributed by atoms with Gasteiger partial charge in [-0.25, -0.2) is 0 Å². The number of anilines is 4. The van der Waals surface area contributed by atoms with Crippen molar-refractivity contribution in [2.45, 2.75) is 268 Å². The number of para-hydroxylation sites is 4. The van der Waals surface area contributed by atoms with Crippen molar-refractivity contribution in [3.63, 3.8) is 0 Å². The molecular weight excluding hydrogens is 2000 g/mol. The first kappa shape index (κ1) is 140. The molecule has 9 aliphatic rings. The molecule has 0 radical (unpaired) electrons. The Morgan fingerprint density at radius 1 is 0.322 bits per heavy atom. The van der Waals surface area contributed by atoms with E-state index in [1.165, 1.54) is 116 Å². The van der Waals surface area contributed by atoms with Crippen molar-refractivity contribution in [2.24, 2.45) is 71.0 Å². The monoisotopic (exact) mass is 2200 g/mol. The van der Waals surface area contributed by atoms with E-state index in [4.69, 9.17) is 19.9 Å². The van der Waals surface area contributed by atoms with E-state index in [0.717, 1.165) is 68.8 Å². The van der Waals surface area contributed by atoms with Gasteiger partial charge >= 0.3 is 103 Å². The number of nitrogens with zero attached hydrogens (tertiary/aromatic N) is 8. The average Bonchev–Trinajstić information content (AvgIpc) is 1.61. The Hall–Kier alpha value is -5.45. The third-order valence-corrected chi connectivity index (χ3v) is 49.2. The maximum atomic E-state index is 5.85. The number of aryl methyl sites for hydroxylation is 2. The van der Waals surface area contributed by atoms with Crippen LogP contribution in [0.4, 0.5) is 22.7 Å². The van der Waals surface area contributed by atoms with Crippen LogP contribution in [0.5, 0.6) is 0 Å². The fourth-order valence-corrected chi connectivity index (χ4v) is 46.8. The van der Waals surface area contributed by atoms with Crippen LogP contribution in [0.15, 0.2) is 300 Å². The minimum absolute atomic E-state index is 0. The molecule has 17 rings (SSSR count). The van der Waals surface area contributed by atoms with Gasteiger partial charge < -0.3 is 69.2 Å². The molecule has 9 aliphatic carbocycles. The van der Waals surface area contributed by atoms with Crippen LogP contribution in [-0.4, -0.2) is 111 Å². The topological polar surface area (TPSA) is 69.4 Å². The summed E-state index contributed by atoms with van der Waals surface area (Å²) in [6, 6.07) is 73.6. The predicted molar refractivity (Wildman–Crippen MR) is 661 cm³/mol. The van der Waals surface area contributed by atoms with Crippen LogP contribution in [0.2, 0.25) is 48.4 Å². The zero-order valence-electron chi connectivity index (χ0n) is 100. The van der Waals surface area contributed by atoms with Crippen molar-refractivity contribution < 1.29 is 103 Å². The Kier molecular flexibility index (Phi) is 56.5. The Morgan fingerprint density at radius 3 is 1.03 bits per heavy atom. The number of rotatable bonds is 16. The summed E-state index contributed by atoms with van der Waals surface area (Å²) in [6.07, 6.45) is 34.2. The average molecular weight is 2200 g/mol. The fraction of sp³-hybridized carbons (Fsp3) is 0.459. The van der Waals surface area contributed by atoms with Crippen LogP contribution >= 0.6 is 0 Å². The molecule has 0 bridgehead atoms. The first-order valence-electron chi connectivity index (χ1n) is 53.0. The maximum absolute atomic E-state index is 5.85. The van der Waals surface area contributed by atoms with Crippen molar-refractivity contribution >= 4 is 76.4 Å². The van der Waals surface area contributed by atoms with Gasteiger partial charge in [0, 0.05) is 16.5 Å². The Bertz CT molecular complexity index is 5340. The first-order chi connectivity index (χ1) is 66.0. The molecule has 8 nitrogen and oxygen atoms in total. The largest absolute Gasteiger partial charge is 3.00 e. The van der Waals surface area contributed by atoms with E-state index in [1.807, 2.05) is 129 Å². The van der Waals surface area contributed by atoms with Gasteiger partial charge in [-0.2, -0.15) is 74.2 Å². The molecule has 16 heteroatoms. The first-order valence-corrected chi connectivity index (χ1v) is 63.1. The Balaban J connectivity index is 0.000000593. The summed E-state index contributed by atoms with van der Waals surface area (Å²) >= 11 is 0. The standard InChI is InChI=1S/C29H38NSi.C27H34NSi.C19H32NSi.C18H32NSi.4C9H12N.4CH3.4Sc/c1-20-8-13-25(14-9-20)31(30-29(5,6)7,26-15-10-21(2)11-16-26)28-17-12-24-18-22(3)23(4)19-27(24)28;1-20-21(2)26(25-19-13-12-18-24(20)25)29(28-27(3,4)5,22-14-8-6-9-15-22)23-16-10-7-11-17-23;1-13-10-16-11-14-8-7-9-15(14)12-17(16)18(13)21(5,6)20-19(2,3)4;1-12-9-13(2)15-11-14(3)17(16(15)10-12)20(7,8)19-18(4,5)6;4*1-8-6-4-5-7-9(8)10(2)3;;;;;;;;/h8-11,13-16,18-19,24,27-28H,12,17H2,1-7H3;6-21,24-26H,1-5H3;11-13,16-18H,7-10H2,1-6H3;9-10,14-17H,11H2,1-8H3;4*4-7H,1H2,2-3H3;4*1H3;;;;/q12*-1;4*+3. The summed E-state index contributed by atoms with van der Waals surface area (Å²) < 4.78 is 0. The van der Waals surface area contributed by atoms with Gasteiger partial charge in [-0.15, -0.1) is 46.4 Å². The maximum Gasteiger partial charge on any atom is 3.00 e. The van der Waals surface area contributed by atoms with E-state index >= 15 is 0 Å². The summed E-state index contributed by atoms with van der Waals surface area (Å²) in [6.45, 7) is 76.3. The second kappa shape index (κ2) is 60.3. The quantitative estimate of drug-likeness (QED) is 0.0714. The third kappa shape index (κ3) is 36.8. The van der Waals surface area contributed by atoms with Crippen molar-refractivity contribution in [1.29, 1.82) is 0 Å². The van der Waals surface area contributed by atoms with Gasteiger partial charge in [0.15, 0.2) is 0 Å². The van der Waals surface area contributed by atoms with E-state index in [-0.39, 0.29) is 155 Å². The molecule has 796 valence electrons. The second-order valence-corrected chi connectivity index (χ2v) is 64.4. The van der Waals surface area contributed by atoms with E-state index in [0.29, 0.717) is 46.6 Å². The number of hydrogen-bond donors (Lipinski definition) is 0. The van der Waals surface area contributed by atoms with Crippen LogP contribution < -0.4 is 40.3 Å². The number of hydrogen-bond acceptors (Lipinski definition) is 4. The van der Waals surface area contributed by atoms with Gasteiger partial charge in [0.2, 0.25) is 0 Å². The molecule has 0 saturated heterocycles. The summed E-state index contributed by atoms with van der Waals surface area (Å²) in [7, 11) is 8.16. The van der Waals surface area contributed by atoms with Gasteiger partial charge in [0.05, 0.1) is 0 Å². The molecule has 5 saturated carbocycles. The van der Waals surface area contributed by atoms with Crippen molar-refractivity contribution in [3.05, 3.63) is 411 Å². The number of allylic oxidation sites excluding steroid dienone is 16. The molecule has 149 heavy (non-hydrogen) atoms. The molecule has 0 spiro atoms. The molecule has 8 aromatic carbocycles. The van der Waals surface area contributed by atoms with Crippen molar-refractivity contribution in [3.8, 4) is 0 Å². The van der Waals surface area contributed by atoms with Crippen LogP contribution in [0.3, 0.4) is 0 Å². The predicted octanol–water partition coefficient (Wildman–Crippen LogP) is 34.3. The van der Waals surface area contributed by atoms with Crippen molar-refractivity contribution in [1.82, 2.24) is 0 Å². The zero-order valence-corrected chi connectivity index (χ0v) is 112. The Labute approximate surface area is 995 Å². The molecule has 0 aliphatic heterocycles. The van der Waals surface area contributed by atoms with Crippen LogP contribution in [0.25, 0.3) is 19.9 Å². The summed E-state index contributed by atoms with van der Waals surface area (Å²) in [5.74, 6) is 8.46. The van der Waals surface area contributed by atoms with Gasteiger partial charge in [-0.05, 0) is 230 Å². The van der Waals surface area contributed by atoms with Crippen LogP contribution in [0, 0.1) is 142 Å². The molecule has 0 amide bonds. The second-order valence-electron chi connectivity index (χ2n) is 48.8.